The van der Waals surface area contributed by atoms with Crippen LogP contribution in [0.5, 0.6) is 0 Å². The van der Waals surface area contributed by atoms with Crippen LogP contribution in [0, 0.1) is 17.3 Å². The van der Waals surface area contributed by atoms with E-state index in [4.69, 9.17) is 0 Å². The number of amides is 1. The van der Waals surface area contributed by atoms with Crippen molar-refractivity contribution in [3.05, 3.63) is 0 Å². The summed E-state index contributed by atoms with van der Waals surface area (Å²) in [7, 11) is 0. The van der Waals surface area contributed by atoms with Crippen LogP contribution in [0.4, 0.5) is 0 Å². The first-order chi connectivity index (χ1) is 10.2. The molecule has 0 aromatic carbocycles. The van der Waals surface area contributed by atoms with Gasteiger partial charge < -0.3 is 15.5 Å². The molecule has 3 rings (SSSR count). The molecule has 1 unspecified atom stereocenters. The first-order valence-corrected chi connectivity index (χ1v) is 8.94. The lowest BCUT2D eigenvalue weighted by atomic mass is 9.91. The van der Waals surface area contributed by atoms with Crippen LogP contribution in [0.2, 0.25) is 0 Å². The molecule has 0 aromatic rings. The summed E-state index contributed by atoms with van der Waals surface area (Å²) in [6.07, 6.45) is 7.31. The van der Waals surface area contributed by atoms with Gasteiger partial charge in [-0.15, -0.1) is 0 Å². The highest BCUT2D eigenvalue weighted by Gasteiger charge is 2.57. The molecule has 2 saturated heterocycles. The molecule has 2 aliphatic heterocycles. The number of carbonyl (C=O) groups is 1. The van der Waals surface area contributed by atoms with Crippen molar-refractivity contribution >= 4 is 5.91 Å². The van der Waals surface area contributed by atoms with Crippen LogP contribution in [0.3, 0.4) is 0 Å². The van der Waals surface area contributed by atoms with E-state index in [0.29, 0.717) is 17.2 Å². The molecule has 0 bridgehead atoms. The fourth-order valence-corrected chi connectivity index (χ4v) is 4.31. The molecule has 1 spiro atoms. The number of likely N-dealkylation sites (tertiary alicyclic amines) is 1. The first-order valence-electron chi connectivity index (χ1n) is 8.94. The van der Waals surface area contributed by atoms with Crippen LogP contribution in [0.1, 0.15) is 45.4 Å². The Morgan fingerprint density at radius 3 is 2.67 bits per heavy atom. The summed E-state index contributed by atoms with van der Waals surface area (Å²) in [4.78, 5) is 14.8. The van der Waals surface area contributed by atoms with Crippen LogP contribution in [-0.4, -0.2) is 50.1 Å². The van der Waals surface area contributed by atoms with Crippen molar-refractivity contribution in [1.82, 2.24) is 15.5 Å². The molecule has 1 atom stereocenters. The maximum absolute atomic E-state index is 12.3. The summed E-state index contributed by atoms with van der Waals surface area (Å²) in [6, 6.07) is 0. The Hall–Kier alpha value is -0.610. The number of nitrogens with one attached hydrogen (secondary N) is 2. The largest absolute Gasteiger partial charge is 0.356 e. The Morgan fingerprint density at radius 1 is 1.29 bits per heavy atom. The van der Waals surface area contributed by atoms with Gasteiger partial charge in [-0.3, -0.25) is 4.79 Å². The van der Waals surface area contributed by atoms with Gasteiger partial charge >= 0.3 is 0 Å². The molecule has 0 radical (unpaired) electrons. The normalized spacial score (nSPS) is 29.5. The smallest absolute Gasteiger partial charge is 0.223 e. The van der Waals surface area contributed by atoms with E-state index in [1.165, 1.54) is 51.7 Å². The van der Waals surface area contributed by atoms with E-state index < -0.39 is 0 Å². The second-order valence-corrected chi connectivity index (χ2v) is 7.33. The van der Waals surface area contributed by atoms with Crippen LogP contribution in [0.15, 0.2) is 0 Å². The van der Waals surface area contributed by atoms with Crippen LogP contribution >= 0.6 is 0 Å². The molecule has 4 heteroatoms. The van der Waals surface area contributed by atoms with Crippen LogP contribution in [0.25, 0.3) is 0 Å². The molecule has 21 heavy (non-hydrogen) atoms. The fraction of sp³-hybridized carbons (Fsp3) is 0.941. The maximum Gasteiger partial charge on any atom is 0.223 e. The van der Waals surface area contributed by atoms with Crippen molar-refractivity contribution in [3.8, 4) is 0 Å². The molecule has 4 nitrogen and oxygen atoms in total. The lowest BCUT2D eigenvalue weighted by Gasteiger charge is -2.31. The second-order valence-electron chi connectivity index (χ2n) is 7.33. The number of hydrogen-bond donors (Lipinski definition) is 2. The summed E-state index contributed by atoms with van der Waals surface area (Å²) in [5, 5.41) is 6.61. The van der Waals surface area contributed by atoms with Crippen molar-refractivity contribution in [3.63, 3.8) is 0 Å². The van der Waals surface area contributed by atoms with Gasteiger partial charge in [0.15, 0.2) is 0 Å². The average Bonchev–Trinajstić information content (AvgIpc) is 3.22. The highest BCUT2D eigenvalue weighted by Crippen LogP contribution is 2.58. The zero-order valence-electron chi connectivity index (χ0n) is 13.5. The van der Waals surface area contributed by atoms with E-state index in [-0.39, 0.29) is 0 Å². The second kappa shape index (κ2) is 6.66. The molecular formula is C17H31N3O. The monoisotopic (exact) mass is 293 g/mol. The van der Waals surface area contributed by atoms with Crippen LogP contribution < -0.4 is 10.6 Å². The van der Waals surface area contributed by atoms with Gasteiger partial charge in [-0.25, -0.2) is 0 Å². The van der Waals surface area contributed by atoms with Gasteiger partial charge in [-0.05, 0) is 82.6 Å². The maximum atomic E-state index is 12.3. The predicted molar refractivity (Wildman–Crippen MR) is 85.1 cm³/mol. The van der Waals surface area contributed by atoms with Crippen molar-refractivity contribution < 1.29 is 4.79 Å². The minimum Gasteiger partial charge on any atom is -0.356 e. The van der Waals surface area contributed by atoms with E-state index in [9.17, 15) is 4.79 Å². The Labute approximate surface area is 129 Å². The summed E-state index contributed by atoms with van der Waals surface area (Å²) in [5.74, 6) is 1.48. The summed E-state index contributed by atoms with van der Waals surface area (Å²) >= 11 is 0. The Bertz CT molecular complexity index is 357. The summed E-state index contributed by atoms with van der Waals surface area (Å²) in [5.41, 5.74) is 0.377. The van der Waals surface area contributed by atoms with E-state index in [1.807, 2.05) is 0 Å². The van der Waals surface area contributed by atoms with Gasteiger partial charge in [0.1, 0.15) is 0 Å². The highest BCUT2D eigenvalue weighted by molar-refractivity contribution is 5.82. The zero-order valence-corrected chi connectivity index (χ0v) is 13.5. The van der Waals surface area contributed by atoms with Crippen molar-refractivity contribution in [2.75, 3.05) is 39.3 Å². The molecule has 0 aromatic heterocycles. The molecule has 2 heterocycles. The Morgan fingerprint density at radius 2 is 2.00 bits per heavy atom. The predicted octanol–water partition coefficient (Wildman–Crippen LogP) is 1.61. The number of hydrogen-bond acceptors (Lipinski definition) is 3. The molecule has 1 aliphatic carbocycles. The van der Waals surface area contributed by atoms with Crippen molar-refractivity contribution in [2.45, 2.75) is 45.4 Å². The van der Waals surface area contributed by atoms with Gasteiger partial charge in [0.05, 0.1) is 0 Å². The molecule has 1 amide bonds. The Balaban J connectivity index is 1.32. The quantitative estimate of drug-likeness (QED) is 0.809. The Kier molecular flexibility index (Phi) is 4.85. The van der Waals surface area contributed by atoms with E-state index in [0.717, 1.165) is 32.0 Å². The number of carbonyl (C=O) groups excluding carboxylic acids is 1. The SMILES string of the molecule is CCN1CCC(CCNC(=O)C2CC23CCNCC3)CC1. The topological polar surface area (TPSA) is 44.4 Å². The fourth-order valence-electron chi connectivity index (χ4n) is 4.31. The highest BCUT2D eigenvalue weighted by atomic mass is 16.2. The van der Waals surface area contributed by atoms with Gasteiger partial charge in [0.25, 0.3) is 0 Å². The molecular weight excluding hydrogens is 262 g/mol. The van der Waals surface area contributed by atoms with Gasteiger partial charge in [0, 0.05) is 12.5 Å². The molecule has 1 saturated carbocycles. The lowest BCUT2D eigenvalue weighted by Crippen LogP contribution is -2.36. The molecule has 2 N–H and O–H groups in total. The van der Waals surface area contributed by atoms with E-state index in [1.54, 1.807) is 0 Å². The molecule has 120 valence electrons. The standard InChI is InChI=1S/C17H31N3O/c1-2-20-11-4-14(5-12-20)3-8-19-16(21)15-13-17(15)6-9-18-10-7-17/h14-15,18H,2-13H2,1H3,(H,19,21). The first kappa shape index (κ1) is 15.3. The molecule has 3 aliphatic rings. The lowest BCUT2D eigenvalue weighted by molar-refractivity contribution is -0.123. The van der Waals surface area contributed by atoms with E-state index in [2.05, 4.69) is 22.5 Å². The number of rotatable bonds is 5. The summed E-state index contributed by atoms with van der Waals surface area (Å²) < 4.78 is 0. The van der Waals surface area contributed by atoms with Gasteiger partial charge in [-0.1, -0.05) is 6.92 Å². The minimum atomic E-state index is 0.321. The zero-order chi connectivity index (χ0) is 14.7. The van der Waals surface area contributed by atoms with Crippen LogP contribution in [-0.2, 0) is 4.79 Å². The van der Waals surface area contributed by atoms with Gasteiger partial charge in [-0.2, -0.15) is 0 Å². The third-order valence-electron chi connectivity index (χ3n) is 6.11. The summed E-state index contributed by atoms with van der Waals surface area (Å²) in [6.45, 7) is 9.00. The number of piperidine rings is 2. The minimum absolute atomic E-state index is 0.321. The average molecular weight is 293 g/mol. The van der Waals surface area contributed by atoms with E-state index >= 15 is 0 Å². The molecule has 3 fully saturated rings. The third-order valence-corrected chi connectivity index (χ3v) is 6.11. The van der Waals surface area contributed by atoms with Crippen molar-refractivity contribution in [2.24, 2.45) is 17.3 Å². The number of nitrogens with zero attached hydrogens (tertiary/aromatic N) is 1. The van der Waals surface area contributed by atoms with Gasteiger partial charge in [0.2, 0.25) is 5.91 Å². The van der Waals surface area contributed by atoms with Crippen molar-refractivity contribution in [1.29, 1.82) is 0 Å². The third kappa shape index (κ3) is 3.59.